The summed E-state index contributed by atoms with van der Waals surface area (Å²) in [5, 5.41) is 14.6. The number of rotatable bonds is 5. The van der Waals surface area contributed by atoms with Gasteiger partial charge in [-0.25, -0.2) is 4.98 Å². The van der Waals surface area contributed by atoms with Crippen LogP contribution in [0.3, 0.4) is 0 Å². The van der Waals surface area contributed by atoms with E-state index in [1.54, 1.807) is 13.8 Å². The number of fused-ring (bicyclic) bond motifs is 1. The molecule has 9 nitrogen and oxygen atoms in total. The van der Waals surface area contributed by atoms with Crippen molar-refractivity contribution in [2.75, 3.05) is 10.6 Å². The minimum absolute atomic E-state index is 0.222. The smallest absolute Gasteiger partial charge is 0.266 e. The second-order valence-corrected chi connectivity index (χ2v) is 9.54. The zero-order chi connectivity index (χ0) is 23.0. The average Bonchev–Trinajstić information content (AvgIpc) is 3.29. The molecule has 164 valence electrons. The number of carbonyl (C=O) groups excluding carboxylic acids is 2. The molecule has 1 aromatic carbocycles. The first-order valence-corrected chi connectivity index (χ1v) is 11.3. The summed E-state index contributed by atoms with van der Waals surface area (Å²) >= 11 is 2.40. The van der Waals surface area contributed by atoms with Crippen LogP contribution < -0.4 is 16.2 Å². The van der Waals surface area contributed by atoms with Gasteiger partial charge in [0.25, 0.3) is 11.5 Å². The van der Waals surface area contributed by atoms with E-state index in [9.17, 15) is 14.4 Å². The van der Waals surface area contributed by atoms with Gasteiger partial charge < -0.3 is 5.32 Å². The third-order valence-electron chi connectivity index (χ3n) is 4.84. The van der Waals surface area contributed by atoms with Crippen molar-refractivity contribution in [3.63, 3.8) is 0 Å². The van der Waals surface area contributed by atoms with Crippen LogP contribution in [-0.4, -0.2) is 31.6 Å². The molecule has 4 rings (SSSR count). The van der Waals surface area contributed by atoms with Crippen molar-refractivity contribution >= 4 is 55.5 Å². The molecule has 0 radical (unpaired) electrons. The van der Waals surface area contributed by atoms with Crippen molar-refractivity contribution in [1.82, 2.24) is 19.7 Å². The molecule has 32 heavy (non-hydrogen) atoms. The largest absolute Gasteiger partial charge is 0.321 e. The highest BCUT2D eigenvalue weighted by Gasteiger charge is 2.21. The number of benzene rings is 1. The van der Waals surface area contributed by atoms with Crippen molar-refractivity contribution in [2.45, 2.75) is 34.2 Å². The predicted molar refractivity (Wildman–Crippen MR) is 126 cm³/mol. The maximum atomic E-state index is 13.0. The Morgan fingerprint density at radius 3 is 2.53 bits per heavy atom. The third-order valence-corrected chi connectivity index (χ3v) is 6.79. The summed E-state index contributed by atoms with van der Waals surface area (Å²) in [6.45, 7) is 7.19. The Kier molecular flexibility index (Phi) is 5.85. The molecule has 3 aromatic heterocycles. The van der Waals surface area contributed by atoms with Gasteiger partial charge in [0.05, 0.1) is 16.6 Å². The number of carbonyl (C=O) groups is 2. The summed E-state index contributed by atoms with van der Waals surface area (Å²) < 4.78 is 1.22. The van der Waals surface area contributed by atoms with Crippen molar-refractivity contribution in [2.24, 2.45) is 0 Å². The molecule has 3 heterocycles. The Morgan fingerprint density at radius 1 is 1.06 bits per heavy atom. The topological polar surface area (TPSA) is 119 Å². The van der Waals surface area contributed by atoms with E-state index in [0.29, 0.717) is 31.5 Å². The van der Waals surface area contributed by atoms with Crippen LogP contribution in [-0.2, 0) is 11.3 Å². The number of nitrogens with one attached hydrogen (secondary N) is 2. The second kappa shape index (κ2) is 8.60. The van der Waals surface area contributed by atoms with Gasteiger partial charge in [-0.1, -0.05) is 29.0 Å². The molecule has 0 aliphatic carbocycles. The Hall–Kier alpha value is -3.44. The van der Waals surface area contributed by atoms with Crippen molar-refractivity contribution in [1.29, 1.82) is 0 Å². The number of anilines is 2. The maximum absolute atomic E-state index is 13.0. The van der Waals surface area contributed by atoms with Crippen LogP contribution in [0.4, 0.5) is 10.8 Å². The minimum Gasteiger partial charge on any atom is -0.321 e. The summed E-state index contributed by atoms with van der Waals surface area (Å²) in [4.78, 5) is 43.4. The second-order valence-electron chi connectivity index (χ2n) is 7.36. The monoisotopic (exact) mass is 468 g/mol. The van der Waals surface area contributed by atoms with Crippen LogP contribution >= 0.6 is 22.7 Å². The Bertz CT molecular complexity index is 1420. The summed E-state index contributed by atoms with van der Waals surface area (Å²) in [5.41, 5.74) is 2.94. The van der Waals surface area contributed by atoms with Gasteiger partial charge >= 0.3 is 0 Å². The predicted octanol–water partition coefficient (Wildman–Crippen LogP) is 3.43. The molecule has 4 aromatic rings. The van der Waals surface area contributed by atoms with E-state index in [4.69, 9.17) is 0 Å². The normalized spacial score (nSPS) is 11.0. The quantitative estimate of drug-likeness (QED) is 0.463. The van der Waals surface area contributed by atoms with Gasteiger partial charge in [0.15, 0.2) is 0 Å². The van der Waals surface area contributed by atoms with E-state index in [-0.39, 0.29) is 18.0 Å². The van der Waals surface area contributed by atoms with Gasteiger partial charge in [-0.15, -0.1) is 21.5 Å². The first-order chi connectivity index (χ1) is 15.2. The van der Waals surface area contributed by atoms with Gasteiger partial charge in [0.1, 0.15) is 16.4 Å². The van der Waals surface area contributed by atoms with Gasteiger partial charge in [-0.2, -0.15) is 0 Å². The fourth-order valence-electron chi connectivity index (χ4n) is 3.28. The molecule has 0 spiro atoms. The van der Waals surface area contributed by atoms with E-state index < -0.39 is 5.91 Å². The van der Waals surface area contributed by atoms with Crippen molar-refractivity contribution in [3.8, 4) is 0 Å². The Balaban J connectivity index is 1.59. The molecule has 0 saturated heterocycles. The number of aromatic nitrogens is 4. The van der Waals surface area contributed by atoms with Gasteiger partial charge in [-0.3, -0.25) is 24.3 Å². The lowest BCUT2D eigenvalue weighted by molar-refractivity contribution is -0.116. The van der Waals surface area contributed by atoms with Gasteiger partial charge in [-0.05, 0) is 44.9 Å². The molecule has 2 amide bonds. The molecule has 11 heteroatoms. The van der Waals surface area contributed by atoms with Crippen LogP contribution in [0.5, 0.6) is 0 Å². The van der Waals surface area contributed by atoms with Crippen molar-refractivity contribution in [3.05, 3.63) is 61.5 Å². The molecular formula is C21H20N6O3S2. The number of aryl methyl sites for hydroxylation is 4. The van der Waals surface area contributed by atoms with Crippen LogP contribution in [0.25, 0.3) is 10.2 Å². The molecule has 0 aliphatic heterocycles. The minimum atomic E-state index is -0.412. The van der Waals surface area contributed by atoms with Crippen LogP contribution in [0.1, 0.15) is 31.4 Å². The summed E-state index contributed by atoms with van der Waals surface area (Å²) in [6.07, 6.45) is 1.32. The third kappa shape index (κ3) is 4.30. The molecule has 0 unspecified atom stereocenters. The molecular weight excluding hydrogens is 448 g/mol. The standard InChI is InChI=1S/C21H20N6O3S2/c1-10-5-6-14(11(2)7-10)23-18(29)17-12(3)16-19(32-17)22-9-27(20(16)30)8-15(28)24-21-26-25-13(4)31-21/h5-7,9H,8H2,1-4H3,(H,23,29)(H,24,26,28). The Morgan fingerprint density at radius 2 is 1.84 bits per heavy atom. The Labute approximate surface area is 191 Å². The SMILES string of the molecule is Cc1ccc(NC(=O)c2sc3ncn(CC(=O)Nc4nnc(C)s4)c(=O)c3c2C)c(C)c1. The number of hydrogen-bond donors (Lipinski definition) is 2. The molecule has 0 bridgehead atoms. The van der Waals surface area contributed by atoms with Crippen LogP contribution in [0, 0.1) is 27.7 Å². The average molecular weight is 469 g/mol. The molecule has 0 fully saturated rings. The number of amides is 2. The first kappa shape index (κ1) is 21.8. The number of thiophene rings is 1. The van der Waals surface area contributed by atoms with E-state index in [2.05, 4.69) is 25.8 Å². The van der Waals surface area contributed by atoms with E-state index in [1.807, 2.05) is 32.0 Å². The molecule has 0 saturated carbocycles. The fourth-order valence-corrected chi connectivity index (χ4v) is 4.92. The summed E-state index contributed by atoms with van der Waals surface area (Å²) in [7, 11) is 0. The molecule has 0 aliphatic rings. The van der Waals surface area contributed by atoms with E-state index in [0.717, 1.165) is 27.5 Å². The highest BCUT2D eigenvalue weighted by molar-refractivity contribution is 7.20. The highest BCUT2D eigenvalue weighted by atomic mass is 32.1. The lowest BCUT2D eigenvalue weighted by Crippen LogP contribution is -2.27. The highest BCUT2D eigenvalue weighted by Crippen LogP contribution is 2.28. The van der Waals surface area contributed by atoms with Gasteiger partial charge in [0, 0.05) is 5.69 Å². The molecule has 2 N–H and O–H groups in total. The first-order valence-electron chi connectivity index (χ1n) is 9.70. The van der Waals surface area contributed by atoms with Gasteiger partial charge in [0.2, 0.25) is 11.0 Å². The zero-order valence-electron chi connectivity index (χ0n) is 17.8. The molecule has 0 atom stereocenters. The maximum Gasteiger partial charge on any atom is 0.266 e. The number of hydrogen-bond acceptors (Lipinski definition) is 8. The van der Waals surface area contributed by atoms with Crippen LogP contribution in [0.2, 0.25) is 0 Å². The summed E-state index contributed by atoms with van der Waals surface area (Å²) in [5.74, 6) is -0.710. The lowest BCUT2D eigenvalue weighted by Gasteiger charge is -2.08. The lowest BCUT2D eigenvalue weighted by atomic mass is 10.1. The summed E-state index contributed by atoms with van der Waals surface area (Å²) in [6, 6.07) is 5.77. The van der Waals surface area contributed by atoms with Crippen LogP contribution in [0.15, 0.2) is 29.3 Å². The van der Waals surface area contributed by atoms with Crippen molar-refractivity contribution < 1.29 is 9.59 Å². The van der Waals surface area contributed by atoms with E-state index in [1.165, 1.54) is 22.2 Å². The zero-order valence-corrected chi connectivity index (χ0v) is 19.5. The number of nitrogens with zero attached hydrogens (tertiary/aromatic N) is 4. The fraction of sp³-hybridized carbons (Fsp3) is 0.238. The van der Waals surface area contributed by atoms with E-state index >= 15 is 0 Å².